The molecule has 5 nitrogen and oxygen atoms in total. The molecule has 0 atom stereocenters. The van der Waals surface area contributed by atoms with E-state index in [1.807, 2.05) is 0 Å². The Bertz CT molecular complexity index is 308. The number of hydrogen-bond acceptors (Lipinski definition) is 3. The maximum atomic E-state index is 10.6. The van der Waals surface area contributed by atoms with E-state index in [1.54, 1.807) is 24.3 Å². The molecule has 0 aliphatic rings. The van der Waals surface area contributed by atoms with Gasteiger partial charge in [-0.15, -0.1) is 4.91 Å². The SMILES string of the molecule is CC(=O)Nc1ccc(NN=O)cc1. The van der Waals surface area contributed by atoms with Crippen molar-refractivity contribution in [1.82, 2.24) is 0 Å². The fourth-order valence-electron chi connectivity index (χ4n) is 0.884. The van der Waals surface area contributed by atoms with Crippen LogP contribution in [0, 0.1) is 4.91 Å². The van der Waals surface area contributed by atoms with Gasteiger partial charge in [0, 0.05) is 12.6 Å². The molecule has 0 aliphatic heterocycles. The first kappa shape index (κ1) is 9.18. The molecule has 0 bridgehead atoms. The summed E-state index contributed by atoms with van der Waals surface area (Å²) in [4.78, 5) is 20.4. The molecule has 1 aromatic rings. The van der Waals surface area contributed by atoms with Crippen molar-refractivity contribution in [2.45, 2.75) is 6.92 Å². The van der Waals surface area contributed by atoms with Crippen molar-refractivity contribution >= 4 is 17.3 Å². The number of amides is 1. The Hall–Kier alpha value is -1.91. The van der Waals surface area contributed by atoms with Crippen LogP contribution in [0.25, 0.3) is 0 Å². The largest absolute Gasteiger partial charge is 0.326 e. The van der Waals surface area contributed by atoms with E-state index in [4.69, 9.17) is 0 Å². The number of nitroso groups, excluding NO2 is 1. The van der Waals surface area contributed by atoms with E-state index in [1.165, 1.54) is 6.92 Å². The fourth-order valence-corrected chi connectivity index (χ4v) is 0.884. The zero-order valence-corrected chi connectivity index (χ0v) is 7.07. The average Bonchev–Trinajstić information content (AvgIpc) is 2.08. The number of nitrogens with zero attached hydrogens (tertiary/aromatic N) is 1. The van der Waals surface area contributed by atoms with Crippen molar-refractivity contribution in [3.8, 4) is 0 Å². The molecule has 1 rings (SSSR count). The van der Waals surface area contributed by atoms with Crippen molar-refractivity contribution < 1.29 is 4.79 Å². The maximum absolute atomic E-state index is 10.6. The quantitative estimate of drug-likeness (QED) is 0.548. The molecule has 0 saturated carbocycles. The molecule has 0 aromatic heterocycles. The molecule has 13 heavy (non-hydrogen) atoms. The minimum Gasteiger partial charge on any atom is -0.326 e. The van der Waals surface area contributed by atoms with Crippen molar-refractivity contribution in [3.63, 3.8) is 0 Å². The third kappa shape index (κ3) is 2.90. The van der Waals surface area contributed by atoms with Gasteiger partial charge in [0.05, 0.1) is 11.0 Å². The van der Waals surface area contributed by atoms with Crippen molar-refractivity contribution in [3.05, 3.63) is 29.2 Å². The van der Waals surface area contributed by atoms with E-state index in [-0.39, 0.29) is 5.91 Å². The average molecular weight is 179 g/mol. The first-order valence-electron chi connectivity index (χ1n) is 3.68. The lowest BCUT2D eigenvalue weighted by Crippen LogP contribution is -2.05. The highest BCUT2D eigenvalue weighted by Gasteiger charge is 1.94. The predicted molar refractivity (Wildman–Crippen MR) is 50.2 cm³/mol. The predicted octanol–water partition coefficient (Wildman–Crippen LogP) is 1.74. The zero-order valence-electron chi connectivity index (χ0n) is 7.07. The lowest BCUT2D eigenvalue weighted by atomic mass is 10.3. The molecule has 0 spiro atoms. The lowest BCUT2D eigenvalue weighted by molar-refractivity contribution is -0.114. The van der Waals surface area contributed by atoms with E-state index in [0.717, 1.165) is 0 Å². The number of rotatable bonds is 3. The number of benzene rings is 1. The van der Waals surface area contributed by atoms with Gasteiger partial charge in [-0.1, -0.05) is 0 Å². The second-order valence-corrected chi connectivity index (χ2v) is 2.46. The highest BCUT2D eigenvalue weighted by Crippen LogP contribution is 2.12. The van der Waals surface area contributed by atoms with Crippen molar-refractivity contribution in [2.75, 3.05) is 10.7 Å². The highest BCUT2D eigenvalue weighted by atomic mass is 16.3. The van der Waals surface area contributed by atoms with Crippen LogP contribution in [-0.4, -0.2) is 5.91 Å². The Morgan fingerprint density at radius 1 is 1.23 bits per heavy atom. The van der Waals surface area contributed by atoms with Gasteiger partial charge in [-0.2, -0.15) is 0 Å². The number of anilines is 2. The Kier molecular flexibility index (Phi) is 2.97. The third-order valence-electron chi connectivity index (χ3n) is 1.38. The monoisotopic (exact) mass is 179 g/mol. The molecule has 5 heteroatoms. The molecule has 2 N–H and O–H groups in total. The van der Waals surface area contributed by atoms with Gasteiger partial charge < -0.3 is 5.32 Å². The molecule has 68 valence electrons. The summed E-state index contributed by atoms with van der Waals surface area (Å²) in [5.74, 6) is -0.130. The number of hydrogen-bond donors (Lipinski definition) is 2. The van der Waals surface area contributed by atoms with Gasteiger partial charge in [0.15, 0.2) is 0 Å². The fraction of sp³-hybridized carbons (Fsp3) is 0.125. The summed E-state index contributed by atoms with van der Waals surface area (Å²) < 4.78 is 0. The smallest absolute Gasteiger partial charge is 0.221 e. The molecule has 1 amide bonds. The first-order valence-corrected chi connectivity index (χ1v) is 3.68. The summed E-state index contributed by atoms with van der Waals surface area (Å²) >= 11 is 0. The molecular formula is C8H9N3O2. The van der Waals surface area contributed by atoms with Gasteiger partial charge in [0.25, 0.3) is 0 Å². The van der Waals surface area contributed by atoms with E-state index in [9.17, 15) is 9.70 Å². The minimum absolute atomic E-state index is 0.130. The van der Waals surface area contributed by atoms with E-state index >= 15 is 0 Å². The van der Waals surface area contributed by atoms with Crippen LogP contribution in [0.3, 0.4) is 0 Å². The molecular weight excluding hydrogens is 170 g/mol. The highest BCUT2D eigenvalue weighted by molar-refractivity contribution is 5.88. The number of carbonyl (C=O) groups is 1. The molecule has 1 aromatic carbocycles. The van der Waals surface area contributed by atoms with Crippen molar-refractivity contribution in [1.29, 1.82) is 0 Å². The Balaban J connectivity index is 2.69. The summed E-state index contributed by atoms with van der Waals surface area (Å²) in [5, 5.41) is 5.11. The number of nitrogens with one attached hydrogen (secondary N) is 2. The summed E-state index contributed by atoms with van der Waals surface area (Å²) in [6.07, 6.45) is 0. The van der Waals surface area contributed by atoms with Crippen molar-refractivity contribution in [2.24, 2.45) is 5.29 Å². The Morgan fingerprint density at radius 2 is 1.77 bits per heavy atom. The van der Waals surface area contributed by atoms with Gasteiger partial charge in [0.2, 0.25) is 5.91 Å². The molecule has 0 fully saturated rings. The standard InChI is InChI=1S/C8H9N3O2/c1-6(12)9-7-2-4-8(5-3-7)10-11-13/h2-5H,1H3,(H,9,12)(H,10,13). The second-order valence-electron chi connectivity index (χ2n) is 2.46. The molecule has 0 unspecified atom stereocenters. The summed E-state index contributed by atoms with van der Waals surface area (Å²) in [6, 6.07) is 6.64. The summed E-state index contributed by atoms with van der Waals surface area (Å²) in [5.41, 5.74) is 3.52. The molecule has 0 saturated heterocycles. The zero-order chi connectivity index (χ0) is 9.68. The second kappa shape index (κ2) is 4.20. The van der Waals surface area contributed by atoms with E-state index < -0.39 is 0 Å². The van der Waals surface area contributed by atoms with E-state index in [2.05, 4.69) is 16.0 Å². The van der Waals surface area contributed by atoms with Crippen LogP contribution >= 0.6 is 0 Å². The van der Waals surface area contributed by atoms with Crippen LogP contribution in [0.1, 0.15) is 6.92 Å². The van der Waals surface area contributed by atoms with Crippen LogP contribution in [0.4, 0.5) is 11.4 Å². The topological polar surface area (TPSA) is 70.6 Å². The number of carbonyl (C=O) groups excluding carboxylic acids is 1. The molecule has 0 radical (unpaired) electrons. The van der Waals surface area contributed by atoms with Gasteiger partial charge in [-0.25, -0.2) is 5.43 Å². The molecule has 0 aliphatic carbocycles. The van der Waals surface area contributed by atoms with Gasteiger partial charge in [-0.3, -0.25) is 4.79 Å². The van der Waals surface area contributed by atoms with Crippen LogP contribution in [-0.2, 0) is 4.79 Å². The van der Waals surface area contributed by atoms with Crippen LogP contribution < -0.4 is 10.7 Å². The molecule has 0 heterocycles. The van der Waals surface area contributed by atoms with E-state index in [0.29, 0.717) is 11.4 Å². The van der Waals surface area contributed by atoms with Crippen LogP contribution in [0.15, 0.2) is 29.6 Å². The lowest BCUT2D eigenvalue weighted by Gasteiger charge is -2.02. The normalized spacial score (nSPS) is 9.00. The summed E-state index contributed by atoms with van der Waals surface area (Å²) in [7, 11) is 0. The summed E-state index contributed by atoms with van der Waals surface area (Å²) in [6.45, 7) is 1.43. The van der Waals surface area contributed by atoms with Gasteiger partial charge >= 0.3 is 0 Å². The minimum atomic E-state index is -0.130. The van der Waals surface area contributed by atoms with Gasteiger partial charge in [0.1, 0.15) is 0 Å². The Morgan fingerprint density at radius 3 is 2.23 bits per heavy atom. The van der Waals surface area contributed by atoms with Gasteiger partial charge in [-0.05, 0) is 24.3 Å². The van der Waals surface area contributed by atoms with Crippen LogP contribution in [0.2, 0.25) is 0 Å². The maximum Gasteiger partial charge on any atom is 0.221 e. The first-order chi connectivity index (χ1) is 6.22. The third-order valence-corrected chi connectivity index (χ3v) is 1.38. The Labute approximate surface area is 75.1 Å². The van der Waals surface area contributed by atoms with Crippen LogP contribution in [0.5, 0.6) is 0 Å².